The van der Waals surface area contributed by atoms with Crippen molar-refractivity contribution < 1.29 is 4.79 Å². The van der Waals surface area contributed by atoms with E-state index in [4.69, 9.17) is 0 Å². The smallest absolute Gasteiger partial charge is 0.224 e. The maximum absolute atomic E-state index is 11.5. The van der Waals surface area contributed by atoms with Gasteiger partial charge in [0.15, 0.2) is 0 Å². The first-order chi connectivity index (χ1) is 10.6. The third-order valence-electron chi connectivity index (χ3n) is 3.53. The van der Waals surface area contributed by atoms with Gasteiger partial charge >= 0.3 is 0 Å². The molecule has 0 radical (unpaired) electrons. The van der Waals surface area contributed by atoms with Gasteiger partial charge in [0, 0.05) is 34.5 Å². The van der Waals surface area contributed by atoms with E-state index in [0.717, 1.165) is 32.6 Å². The molecule has 0 bridgehead atoms. The molecule has 0 saturated carbocycles. The number of benzene rings is 1. The second-order valence-corrected chi connectivity index (χ2v) is 6.09. The maximum Gasteiger partial charge on any atom is 0.224 e. The minimum Gasteiger partial charge on any atom is -0.326 e. The fourth-order valence-corrected chi connectivity index (χ4v) is 2.66. The molecule has 2 heterocycles. The van der Waals surface area contributed by atoms with E-state index in [2.05, 4.69) is 26.2 Å². The van der Waals surface area contributed by atoms with Crippen molar-refractivity contribution in [2.45, 2.75) is 20.3 Å². The van der Waals surface area contributed by atoms with Crippen molar-refractivity contribution in [3.05, 3.63) is 52.8 Å². The van der Waals surface area contributed by atoms with Gasteiger partial charge in [-0.3, -0.25) is 4.79 Å². The molecule has 3 rings (SSSR count). The van der Waals surface area contributed by atoms with Gasteiger partial charge in [-0.25, -0.2) is 4.98 Å². The van der Waals surface area contributed by atoms with Gasteiger partial charge in [-0.1, -0.05) is 13.0 Å². The first kappa shape index (κ1) is 14.8. The van der Waals surface area contributed by atoms with Crippen LogP contribution in [-0.4, -0.2) is 15.3 Å². The first-order valence-electron chi connectivity index (χ1n) is 7.12. The summed E-state index contributed by atoms with van der Waals surface area (Å²) in [7, 11) is 0. The van der Waals surface area contributed by atoms with Gasteiger partial charge in [-0.2, -0.15) is 0 Å². The molecule has 1 amide bonds. The van der Waals surface area contributed by atoms with E-state index >= 15 is 0 Å². The molecule has 3 aromatic rings. The molecular weight excluding hydrogens is 342 g/mol. The van der Waals surface area contributed by atoms with Crippen LogP contribution in [0.5, 0.6) is 0 Å². The largest absolute Gasteiger partial charge is 0.326 e. The van der Waals surface area contributed by atoms with E-state index in [1.54, 1.807) is 0 Å². The molecule has 0 saturated heterocycles. The van der Waals surface area contributed by atoms with E-state index < -0.39 is 0 Å². The highest BCUT2D eigenvalue weighted by atomic mass is 79.9. The number of carbonyl (C=O) groups excluding carboxylic acids is 1. The SMILES string of the molecule is CCC(=O)Nc1ccc(-c2cn3cc(Br)ccc3n2)cc1C. The fourth-order valence-electron chi connectivity index (χ4n) is 2.31. The number of hydrogen-bond donors (Lipinski definition) is 1. The quantitative estimate of drug-likeness (QED) is 0.753. The Bertz CT molecular complexity index is 854. The Hall–Kier alpha value is -2.14. The number of nitrogens with one attached hydrogen (secondary N) is 1. The average Bonchev–Trinajstić information content (AvgIpc) is 2.92. The van der Waals surface area contributed by atoms with Gasteiger partial charge in [0.1, 0.15) is 5.65 Å². The third kappa shape index (κ3) is 2.90. The third-order valence-corrected chi connectivity index (χ3v) is 4.00. The van der Waals surface area contributed by atoms with Gasteiger partial charge in [0.05, 0.1) is 5.69 Å². The first-order valence-corrected chi connectivity index (χ1v) is 7.91. The van der Waals surface area contributed by atoms with Crippen LogP contribution in [-0.2, 0) is 4.79 Å². The number of nitrogens with zero attached hydrogens (tertiary/aromatic N) is 2. The molecular formula is C17H16BrN3O. The number of aromatic nitrogens is 2. The number of aryl methyl sites for hydroxylation is 1. The van der Waals surface area contributed by atoms with Crippen LogP contribution in [0.2, 0.25) is 0 Å². The van der Waals surface area contributed by atoms with Crippen LogP contribution >= 0.6 is 15.9 Å². The normalized spacial score (nSPS) is 10.9. The minimum absolute atomic E-state index is 0.0217. The summed E-state index contributed by atoms with van der Waals surface area (Å²) in [5.41, 5.74) is 4.72. The molecule has 2 aromatic heterocycles. The molecule has 112 valence electrons. The molecule has 5 heteroatoms. The fraction of sp³-hybridized carbons (Fsp3) is 0.176. The van der Waals surface area contributed by atoms with Crippen LogP contribution < -0.4 is 5.32 Å². The standard InChI is InChI=1S/C17H16BrN3O/c1-3-17(22)20-14-6-4-12(8-11(14)2)15-10-21-9-13(18)5-7-16(21)19-15/h4-10H,3H2,1-2H3,(H,20,22). The molecule has 0 atom stereocenters. The summed E-state index contributed by atoms with van der Waals surface area (Å²) in [5.74, 6) is 0.0217. The molecule has 22 heavy (non-hydrogen) atoms. The number of halogens is 1. The number of hydrogen-bond acceptors (Lipinski definition) is 2. The molecule has 1 N–H and O–H groups in total. The second kappa shape index (κ2) is 5.93. The lowest BCUT2D eigenvalue weighted by Gasteiger charge is -2.08. The molecule has 0 aliphatic heterocycles. The molecule has 0 aliphatic rings. The summed E-state index contributed by atoms with van der Waals surface area (Å²) in [6.07, 6.45) is 4.45. The van der Waals surface area contributed by atoms with E-state index in [9.17, 15) is 4.79 Å². The van der Waals surface area contributed by atoms with Crippen molar-refractivity contribution in [3.8, 4) is 11.3 Å². The summed E-state index contributed by atoms with van der Waals surface area (Å²) < 4.78 is 3.00. The Balaban J connectivity index is 1.96. The van der Waals surface area contributed by atoms with Crippen LogP contribution in [0.4, 0.5) is 5.69 Å². The summed E-state index contributed by atoms with van der Waals surface area (Å²) in [6, 6.07) is 9.90. The van der Waals surface area contributed by atoms with Crippen molar-refractivity contribution >= 4 is 33.2 Å². The highest BCUT2D eigenvalue weighted by molar-refractivity contribution is 9.10. The summed E-state index contributed by atoms with van der Waals surface area (Å²) in [5, 5.41) is 2.90. The zero-order valence-corrected chi connectivity index (χ0v) is 14.0. The van der Waals surface area contributed by atoms with Gasteiger partial charge < -0.3 is 9.72 Å². The Morgan fingerprint density at radius 3 is 2.82 bits per heavy atom. The number of fused-ring (bicyclic) bond motifs is 1. The highest BCUT2D eigenvalue weighted by Crippen LogP contribution is 2.25. The lowest BCUT2D eigenvalue weighted by molar-refractivity contribution is -0.115. The van der Waals surface area contributed by atoms with Crippen LogP contribution in [0.3, 0.4) is 0 Å². The number of anilines is 1. The number of rotatable bonds is 3. The summed E-state index contributed by atoms with van der Waals surface area (Å²) in [4.78, 5) is 16.1. The maximum atomic E-state index is 11.5. The van der Waals surface area contributed by atoms with Crippen molar-refractivity contribution in [2.75, 3.05) is 5.32 Å². The average molecular weight is 358 g/mol. The Morgan fingerprint density at radius 2 is 2.09 bits per heavy atom. The minimum atomic E-state index is 0.0217. The monoisotopic (exact) mass is 357 g/mol. The molecule has 0 aliphatic carbocycles. The van der Waals surface area contributed by atoms with E-state index in [0.29, 0.717) is 6.42 Å². The van der Waals surface area contributed by atoms with Crippen molar-refractivity contribution in [1.82, 2.24) is 9.38 Å². The lowest BCUT2D eigenvalue weighted by Crippen LogP contribution is -2.10. The number of carbonyl (C=O) groups is 1. The Morgan fingerprint density at radius 1 is 1.27 bits per heavy atom. The van der Waals surface area contributed by atoms with Crippen molar-refractivity contribution in [2.24, 2.45) is 0 Å². The molecule has 1 aromatic carbocycles. The molecule has 0 unspecified atom stereocenters. The van der Waals surface area contributed by atoms with Gasteiger partial charge in [-0.15, -0.1) is 0 Å². The number of amides is 1. The van der Waals surface area contributed by atoms with Crippen LogP contribution in [0.25, 0.3) is 16.9 Å². The summed E-state index contributed by atoms with van der Waals surface area (Å²) >= 11 is 3.46. The van der Waals surface area contributed by atoms with Crippen LogP contribution in [0.1, 0.15) is 18.9 Å². The number of pyridine rings is 1. The predicted octanol–water partition coefficient (Wildman–Crippen LogP) is 4.42. The van der Waals surface area contributed by atoms with E-state index in [1.165, 1.54) is 0 Å². The number of imidazole rings is 1. The second-order valence-electron chi connectivity index (χ2n) is 5.17. The highest BCUT2D eigenvalue weighted by Gasteiger charge is 2.08. The van der Waals surface area contributed by atoms with Gasteiger partial charge in [0.25, 0.3) is 0 Å². The Kier molecular flexibility index (Phi) is 3.98. The Labute approximate surface area is 137 Å². The van der Waals surface area contributed by atoms with Crippen molar-refractivity contribution in [3.63, 3.8) is 0 Å². The predicted molar refractivity (Wildman–Crippen MR) is 92.0 cm³/mol. The zero-order valence-electron chi connectivity index (χ0n) is 12.4. The van der Waals surface area contributed by atoms with Crippen LogP contribution in [0, 0.1) is 6.92 Å². The molecule has 0 fully saturated rings. The topological polar surface area (TPSA) is 46.4 Å². The van der Waals surface area contributed by atoms with Gasteiger partial charge in [0.2, 0.25) is 5.91 Å². The molecule has 0 spiro atoms. The van der Waals surface area contributed by atoms with E-state index in [1.807, 2.05) is 61.0 Å². The van der Waals surface area contributed by atoms with Gasteiger partial charge in [-0.05, 0) is 52.7 Å². The van der Waals surface area contributed by atoms with E-state index in [-0.39, 0.29) is 5.91 Å². The van der Waals surface area contributed by atoms with Crippen molar-refractivity contribution in [1.29, 1.82) is 0 Å². The summed E-state index contributed by atoms with van der Waals surface area (Å²) in [6.45, 7) is 3.83. The molecule has 4 nitrogen and oxygen atoms in total. The lowest BCUT2D eigenvalue weighted by atomic mass is 10.1. The van der Waals surface area contributed by atoms with Crippen LogP contribution in [0.15, 0.2) is 47.2 Å². The zero-order chi connectivity index (χ0) is 15.7.